The lowest BCUT2D eigenvalue weighted by Crippen LogP contribution is -2.75. The third kappa shape index (κ3) is 2.85. The Hall–Kier alpha value is -1.79. The predicted molar refractivity (Wildman–Crippen MR) is 94.3 cm³/mol. The van der Waals surface area contributed by atoms with Gasteiger partial charge in [0.2, 0.25) is 0 Å². The number of hydrogen-bond acceptors (Lipinski definition) is 4. The summed E-state index contributed by atoms with van der Waals surface area (Å²) in [5.74, 6) is 1.39. The van der Waals surface area contributed by atoms with Gasteiger partial charge < -0.3 is 10.2 Å². The van der Waals surface area contributed by atoms with Crippen LogP contribution in [0.3, 0.4) is 0 Å². The average Bonchev–Trinajstić information content (AvgIpc) is 3.43. The van der Waals surface area contributed by atoms with E-state index in [9.17, 15) is 13.6 Å². The van der Waals surface area contributed by atoms with Gasteiger partial charge in [-0.1, -0.05) is 13.8 Å². The van der Waals surface area contributed by atoms with Gasteiger partial charge in [-0.05, 0) is 32.6 Å². The second-order valence-electron chi connectivity index (χ2n) is 8.55. The Bertz CT molecular complexity index is 719. The topological polar surface area (TPSA) is 58.1 Å². The van der Waals surface area contributed by atoms with E-state index < -0.39 is 12.3 Å². The summed E-state index contributed by atoms with van der Waals surface area (Å²) >= 11 is 0. The lowest BCUT2D eigenvalue weighted by Gasteiger charge is -2.64. The first kappa shape index (κ1) is 17.6. The highest BCUT2D eigenvalue weighted by atomic mass is 19.3. The van der Waals surface area contributed by atoms with Gasteiger partial charge in [0.25, 0.3) is 5.91 Å². The van der Waals surface area contributed by atoms with Crippen molar-refractivity contribution in [3.63, 3.8) is 0 Å². The Balaban J connectivity index is 1.59. The normalized spacial score (nSPS) is 29.9. The number of aryl methyl sites for hydroxylation is 1. The maximum absolute atomic E-state index is 12.7. The van der Waals surface area contributed by atoms with E-state index in [0.717, 1.165) is 49.6 Å². The molecular formula is C19H26F2N4O. The van der Waals surface area contributed by atoms with Crippen molar-refractivity contribution in [2.45, 2.75) is 70.9 Å². The first-order valence-electron chi connectivity index (χ1n) is 9.50. The lowest BCUT2D eigenvalue weighted by atomic mass is 9.52. The number of aromatic nitrogens is 2. The van der Waals surface area contributed by atoms with Crippen molar-refractivity contribution in [1.82, 2.24) is 15.3 Å². The zero-order valence-electron chi connectivity index (χ0n) is 15.5. The molecule has 1 saturated heterocycles. The molecule has 1 aromatic heterocycles. The van der Waals surface area contributed by atoms with E-state index in [2.05, 4.69) is 29.0 Å². The van der Waals surface area contributed by atoms with Crippen molar-refractivity contribution < 1.29 is 13.6 Å². The summed E-state index contributed by atoms with van der Waals surface area (Å²) in [6.07, 6.45) is 1.26. The van der Waals surface area contributed by atoms with E-state index in [-0.39, 0.29) is 23.4 Å². The predicted octanol–water partition coefficient (Wildman–Crippen LogP) is 3.04. The van der Waals surface area contributed by atoms with Gasteiger partial charge >= 0.3 is 6.43 Å². The van der Waals surface area contributed by atoms with E-state index >= 15 is 0 Å². The third-order valence-electron chi connectivity index (χ3n) is 6.26. The highest BCUT2D eigenvalue weighted by Gasteiger charge is 2.60. The second kappa shape index (κ2) is 6.13. The monoisotopic (exact) mass is 364 g/mol. The van der Waals surface area contributed by atoms with Crippen molar-refractivity contribution in [3.05, 3.63) is 17.6 Å². The number of alkyl halides is 2. The Morgan fingerprint density at radius 3 is 2.69 bits per heavy atom. The van der Waals surface area contributed by atoms with Crippen molar-refractivity contribution in [1.29, 1.82) is 0 Å². The number of nitrogens with one attached hydrogen (secondary N) is 1. The standard InChI is InChI=1S/C19H26F2N4O/c1-10-9-13(23-17(22-10)11-6-7-11)25-8-4-5-12-14(19(2,3)15(12)25)24-18(26)16(20)21/h9,11-12,14-16H,4-8H2,1-3H3,(H,24,26). The van der Waals surface area contributed by atoms with Gasteiger partial charge in [0.1, 0.15) is 11.6 Å². The molecule has 5 nitrogen and oxygen atoms in total. The Morgan fingerprint density at radius 1 is 1.31 bits per heavy atom. The fourth-order valence-electron chi connectivity index (χ4n) is 4.96. The maximum atomic E-state index is 12.7. The van der Waals surface area contributed by atoms with Crippen LogP contribution in [0, 0.1) is 18.3 Å². The molecule has 0 aromatic carbocycles. The van der Waals surface area contributed by atoms with Crippen molar-refractivity contribution in [3.8, 4) is 0 Å². The second-order valence-corrected chi connectivity index (χ2v) is 8.55. The van der Waals surface area contributed by atoms with Crippen LogP contribution in [0.4, 0.5) is 14.6 Å². The van der Waals surface area contributed by atoms with Crippen LogP contribution in [0.15, 0.2) is 6.07 Å². The van der Waals surface area contributed by atoms with Crippen molar-refractivity contribution in [2.75, 3.05) is 11.4 Å². The molecule has 142 valence electrons. The molecule has 1 amide bonds. The zero-order chi connectivity index (χ0) is 18.6. The largest absolute Gasteiger partial charge is 0.353 e. The van der Waals surface area contributed by atoms with E-state index in [1.807, 2.05) is 13.0 Å². The Labute approximate surface area is 152 Å². The fourth-order valence-corrected chi connectivity index (χ4v) is 4.96. The third-order valence-corrected chi connectivity index (χ3v) is 6.26. The molecule has 2 heterocycles. The van der Waals surface area contributed by atoms with Crippen LogP contribution >= 0.6 is 0 Å². The summed E-state index contributed by atoms with van der Waals surface area (Å²) in [5, 5.41) is 2.58. The molecule has 0 spiro atoms. The van der Waals surface area contributed by atoms with Crippen LogP contribution < -0.4 is 10.2 Å². The van der Waals surface area contributed by atoms with Crippen LogP contribution in [0.5, 0.6) is 0 Å². The van der Waals surface area contributed by atoms with Gasteiger partial charge in [-0.2, -0.15) is 8.78 Å². The smallest absolute Gasteiger partial charge is 0.315 e. The van der Waals surface area contributed by atoms with Gasteiger partial charge in [-0.15, -0.1) is 0 Å². The van der Waals surface area contributed by atoms with Gasteiger partial charge in [0.05, 0.1) is 0 Å². The molecular weight excluding hydrogens is 338 g/mol. The maximum Gasteiger partial charge on any atom is 0.315 e. The van der Waals surface area contributed by atoms with E-state index in [1.54, 1.807) is 0 Å². The van der Waals surface area contributed by atoms with Gasteiger partial charge in [0.15, 0.2) is 0 Å². The summed E-state index contributed by atoms with van der Waals surface area (Å²) < 4.78 is 25.4. The molecule has 3 unspecified atom stereocenters. The Kier molecular flexibility index (Phi) is 4.15. The summed E-state index contributed by atoms with van der Waals surface area (Å²) in [5.41, 5.74) is 0.688. The van der Waals surface area contributed by atoms with Crippen LogP contribution in [0.25, 0.3) is 0 Å². The van der Waals surface area contributed by atoms with Crippen LogP contribution in [-0.4, -0.2) is 40.9 Å². The number of rotatable bonds is 4. The molecule has 1 aliphatic heterocycles. The highest BCUT2D eigenvalue weighted by Crippen LogP contribution is 2.53. The van der Waals surface area contributed by atoms with Crippen molar-refractivity contribution >= 4 is 11.7 Å². The minimum atomic E-state index is -2.96. The lowest BCUT2D eigenvalue weighted by molar-refractivity contribution is -0.138. The molecule has 0 bridgehead atoms. The summed E-state index contributed by atoms with van der Waals surface area (Å²) in [6, 6.07) is 2.00. The molecule has 7 heteroatoms. The highest BCUT2D eigenvalue weighted by molar-refractivity contribution is 5.79. The van der Waals surface area contributed by atoms with Gasteiger partial charge in [-0.3, -0.25) is 4.79 Å². The SMILES string of the molecule is Cc1cc(N2CCCC3C(NC(=O)C(F)F)C(C)(C)C32)nc(C2CC2)n1. The molecule has 0 radical (unpaired) electrons. The van der Waals surface area contributed by atoms with E-state index in [1.165, 1.54) is 0 Å². The summed E-state index contributed by atoms with van der Waals surface area (Å²) in [4.78, 5) is 23.3. The number of halogens is 2. The Morgan fingerprint density at radius 2 is 2.04 bits per heavy atom. The zero-order valence-corrected chi connectivity index (χ0v) is 15.5. The number of anilines is 1. The van der Waals surface area contributed by atoms with Gasteiger partial charge in [-0.25, -0.2) is 9.97 Å². The van der Waals surface area contributed by atoms with Crippen molar-refractivity contribution in [2.24, 2.45) is 11.3 Å². The van der Waals surface area contributed by atoms with Gasteiger partial charge in [0, 0.05) is 47.6 Å². The number of carbonyl (C=O) groups is 1. The molecule has 1 aromatic rings. The molecule has 4 rings (SSSR count). The number of amides is 1. The number of nitrogens with zero attached hydrogens (tertiary/aromatic N) is 3. The first-order valence-corrected chi connectivity index (χ1v) is 9.50. The first-order chi connectivity index (χ1) is 12.3. The average molecular weight is 364 g/mol. The minimum absolute atomic E-state index is 0.182. The molecule has 1 N–H and O–H groups in total. The molecule has 2 aliphatic carbocycles. The molecule has 3 fully saturated rings. The quantitative estimate of drug-likeness (QED) is 0.892. The summed E-state index contributed by atoms with van der Waals surface area (Å²) in [6.45, 7) is 7.01. The molecule has 3 aliphatic rings. The molecule has 26 heavy (non-hydrogen) atoms. The van der Waals surface area contributed by atoms with E-state index in [4.69, 9.17) is 4.98 Å². The summed E-state index contributed by atoms with van der Waals surface area (Å²) in [7, 11) is 0. The number of hydrogen-bond donors (Lipinski definition) is 1. The van der Waals surface area contributed by atoms with Crippen LogP contribution in [0.2, 0.25) is 0 Å². The van der Waals surface area contributed by atoms with E-state index in [0.29, 0.717) is 5.92 Å². The number of piperidine rings is 1. The molecule has 3 atom stereocenters. The number of carbonyl (C=O) groups excluding carboxylic acids is 1. The van der Waals surface area contributed by atoms with Crippen LogP contribution in [-0.2, 0) is 4.79 Å². The fraction of sp³-hybridized carbons (Fsp3) is 0.737. The minimum Gasteiger partial charge on any atom is -0.353 e. The van der Waals surface area contributed by atoms with Crippen LogP contribution in [0.1, 0.15) is 57.0 Å². The molecule has 2 saturated carbocycles. The number of fused-ring (bicyclic) bond motifs is 1.